The zero-order valence-electron chi connectivity index (χ0n) is 9.79. The maximum absolute atomic E-state index is 11.9. The monoisotopic (exact) mass is 286 g/mol. The third-order valence-electron chi connectivity index (χ3n) is 2.60. The molecule has 0 atom stereocenters. The maximum Gasteiger partial charge on any atom is 0.268 e. The Kier molecular flexibility index (Phi) is 4.15. The Bertz CT molecular complexity index is 707. The highest BCUT2D eigenvalue weighted by atomic mass is 32.2. The summed E-state index contributed by atoms with van der Waals surface area (Å²) < 4.78 is 0.0974. The Morgan fingerprint density at radius 3 is 2.47 bits per heavy atom. The molecule has 2 rings (SSSR count). The third kappa shape index (κ3) is 2.92. The van der Waals surface area contributed by atoms with Gasteiger partial charge in [0.15, 0.2) is 0 Å². The molecule has 0 unspecified atom stereocenters. The van der Waals surface area contributed by atoms with Gasteiger partial charge in [-0.05, 0) is 11.5 Å². The Labute approximate surface area is 121 Å². The first-order valence-corrected chi connectivity index (χ1v) is 6.34. The summed E-state index contributed by atoms with van der Waals surface area (Å²) in [5.74, 6) is -0.515. The van der Waals surface area contributed by atoms with Crippen LogP contribution in [0, 0.1) is 11.3 Å². The largest absolute Gasteiger partial charge is 0.321 e. The SMILES string of the molecule is N#CC(C(=O)Nc1cccc2ccccc12)=C(S)S. The number of fused-ring (bicyclic) bond motifs is 1. The predicted octanol–water partition coefficient (Wildman–Crippen LogP) is 3.37. The van der Waals surface area contributed by atoms with Crippen LogP contribution in [0.5, 0.6) is 0 Å². The number of benzene rings is 2. The van der Waals surface area contributed by atoms with E-state index >= 15 is 0 Å². The lowest BCUT2D eigenvalue weighted by molar-refractivity contribution is -0.112. The van der Waals surface area contributed by atoms with Crippen molar-refractivity contribution in [2.45, 2.75) is 0 Å². The van der Waals surface area contributed by atoms with Crippen LogP contribution in [0.2, 0.25) is 0 Å². The second-order valence-corrected chi connectivity index (χ2v) is 5.04. The Morgan fingerprint density at radius 1 is 1.11 bits per heavy atom. The van der Waals surface area contributed by atoms with E-state index in [0.29, 0.717) is 5.69 Å². The number of carbonyl (C=O) groups excluding carboxylic acids is 1. The van der Waals surface area contributed by atoms with E-state index in [2.05, 4.69) is 30.6 Å². The zero-order chi connectivity index (χ0) is 13.8. The Hall–Kier alpha value is -1.90. The number of rotatable bonds is 2. The first-order valence-electron chi connectivity index (χ1n) is 5.45. The first-order chi connectivity index (χ1) is 9.13. The molecule has 0 aliphatic heterocycles. The van der Waals surface area contributed by atoms with Gasteiger partial charge in [-0.25, -0.2) is 0 Å². The molecular formula is C14H10N2OS2. The van der Waals surface area contributed by atoms with Crippen molar-refractivity contribution < 1.29 is 4.79 Å². The first kappa shape index (κ1) is 13.5. The molecule has 0 spiro atoms. The summed E-state index contributed by atoms with van der Waals surface area (Å²) in [5, 5.41) is 13.5. The number of nitrogens with zero attached hydrogens (tertiary/aromatic N) is 1. The highest BCUT2D eigenvalue weighted by Crippen LogP contribution is 2.24. The molecule has 5 heteroatoms. The fourth-order valence-electron chi connectivity index (χ4n) is 1.72. The van der Waals surface area contributed by atoms with Crippen molar-refractivity contribution in [2.24, 2.45) is 0 Å². The number of nitrogens with one attached hydrogen (secondary N) is 1. The number of anilines is 1. The molecule has 2 aromatic carbocycles. The quantitative estimate of drug-likeness (QED) is 0.450. The van der Waals surface area contributed by atoms with Crippen LogP contribution in [0.25, 0.3) is 10.8 Å². The molecule has 0 saturated heterocycles. The molecule has 3 nitrogen and oxygen atoms in total. The molecule has 94 valence electrons. The minimum absolute atomic E-state index is 0.0974. The van der Waals surface area contributed by atoms with E-state index in [1.54, 1.807) is 12.1 Å². The summed E-state index contributed by atoms with van der Waals surface area (Å²) in [5.41, 5.74) is 0.540. The Balaban J connectivity index is 2.41. The fourth-order valence-corrected chi connectivity index (χ4v) is 2.02. The van der Waals surface area contributed by atoms with Crippen LogP contribution >= 0.6 is 25.3 Å². The van der Waals surface area contributed by atoms with Crippen LogP contribution in [0.1, 0.15) is 0 Å². The second kappa shape index (κ2) is 5.83. The summed E-state index contributed by atoms with van der Waals surface area (Å²) in [6, 6.07) is 15.0. The van der Waals surface area contributed by atoms with Crippen LogP contribution in [0.15, 0.2) is 52.3 Å². The molecule has 0 bridgehead atoms. The summed E-state index contributed by atoms with van der Waals surface area (Å²) >= 11 is 7.83. The lowest BCUT2D eigenvalue weighted by atomic mass is 10.1. The van der Waals surface area contributed by atoms with E-state index in [-0.39, 0.29) is 9.81 Å². The van der Waals surface area contributed by atoms with Crippen molar-refractivity contribution >= 4 is 47.6 Å². The van der Waals surface area contributed by atoms with Gasteiger partial charge in [-0.3, -0.25) is 4.79 Å². The van der Waals surface area contributed by atoms with Gasteiger partial charge in [0.25, 0.3) is 5.91 Å². The van der Waals surface area contributed by atoms with Crippen molar-refractivity contribution in [1.29, 1.82) is 5.26 Å². The van der Waals surface area contributed by atoms with Crippen LogP contribution in [0.4, 0.5) is 5.69 Å². The normalized spacial score (nSPS) is 9.74. The highest BCUT2D eigenvalue weighted by Gasteiger charge is 2.13. The van der Waals surface area contributed by atoms with E-state index in [9.17, 15) is 4.79 Å². The fraction of sp³-hybridized carbons (Fsp3) is 0. The molecule has 1 amide bonds. The minimum atomic E-state index is -0.515. The smallest absolute Gasteiger partial charge is 0.268 e. The third-order valence-corrected chi connectivity index (χ3v) is 3.05. The van der Waals surface area contributed by atoms with Crippen LogP contribution < -0.4 is 5.32 Å². The molecule has 0 saturated carbocycles. The maximum atomic E-state index is 11.9. The van der Waals surface area contributed by atoms with Crippen molar-refractivity contribution in [3.63, 3.8) is 0 Å². The molecular weight excluding hydrogens is 276 g/mol. The predicted molar refractivity (Wildman–Crippen MR) is 83.2 cm³/mol. The summed E-state index contributed by atoms with van der Waals surface area (Å²) in [7, 11) is 0. The minimum Gasteiger partial charge on any atom is -0.321 e. The van der Waals surface area contributed by atoms with Gasteiger partial charge in [-0.2, -0.15) is 5.26 Å². The lowest BCUT2D eigenvalue weighted by Crippen LogP contribution is -2.14. The van der Waals surface area contributed by atoms with E-state index in [1.807, 2.05) is 36.4 Å². The van der Waals surface area contributed by atoms with E-state index in [4.69, 9.17) is 5.26 Å². The van der Waals surface area contributed by atoms with Crippen LogP contribution in [0.3, 0.4) is 0 Å². The van der Waals surface area contributed by atoms with Gasteiger partial charge in [0.05, 0.1) is 4.24 Å². The van der Waals surface area contributed by atoms with Crippen LogP contribution in [-0.2, 0) is 4.79 Å². The molecule has 2 aromatic rings. The van der Waals surface area contributed by atoms with Crippen LogP contribution in [-0.4, -0.2) is 5.91 Å². The van der Waals surface area contributed by atoms with Gasteiger partial charge in [-0.15, -0.1) is 25.3 Å². The summed E-state index contributed by atoms with van der Waals surface area (Å²) in [4.78, 5) is 11.9. The van der Waals surface area contributed by atoms with Gasteiger partial charge in [0.1, 0.15) is 11.6 Å². The Morgan fingerprint density at radius 2 is 1.79 bits per heavy atom. The van der Waals surface area contributed by atoms with E-state index in [0.717, 1.165) is 10.8 Å². The lowest BCUT2D eigenvalue weighted by Gasteiger charge is -2.08. The average Bonchev–Trinajstić information content (AvgIpc) is 2.39. The summed E-state index contributed by atoms with van der Waals surface area (Å²) in [6.07, 6.45) is 0. The molecule has 0 aliphatic carbocycles. The number of thiol groups is 2. The second-order valence-electron chi connectivity index (χ2n) is 3.79. The molecule has 0 aromatic heterocycles. The number of carbonyl (C=O) groups is 1. The number of hydrogen-bond acceptors (Lipinski definition) is 4. The zero-order valence-corrected chi connectivity index (χ0v) is 11.6. The standard InChI is InChI=1S/C14H10N2OS2/c15-8-11(14(18)19)13(17)16-12-7-3-5-9-4-1-2-6-10(9)12/h1-7,18-19H,(H,16,17). The van der Waals surface area contributed by atoms with Gasteiger partial charge in [0.2, 0.25) is 0 Å². The van der Waals surface area contributed by atoms with Gasteiger partial charge in [0, 0.05) is 11.1 Å². The van der Waals surface area contributed by atoms with Gasteiger partial charge < -0.3 is 5.32 Å². The number of nitriles is 1. The summed E-state index contributed by atoms with van der Waals surface area (Å²) in [6.45, 7) is 0. The van der Waals surface area contributed by atoms with E-state index in [1.165, 1.54) is 0 Å². The topological polar surface area (TPSA) is 52.9 Å². The molecule has 0 heterocycles. The molecule has 0 fully saturated rings. The highest BCUT2D eigenvalue weighted by molar-refractivity contribution is 8.05. The number of amides is 1. The number of hydrogen-bond donors (Lipinski definition) is 3. The van der Waals surface area contributed by atoms with Gasteiger partial charge in [-0.1, -0.05) is 36.4 Å². The van der Waals surface area contributed by atoms with Crippen molar-refractivity contribution in [1.82, 2.24) is 0 Å². The van der Waals surface area contributed by atoms with Crippen molar-refractivity contribution in [3.05, 3.63) is 52.3 Å². The molecule has 0 radical (unpaired) electrons. The van der Waals surface area contributed by atoms with E-state index < -0.39 is 5.91 Å². The van der Waals surface area contributed by atoms with Crippen molar-refractivity contribution in [3.8, 4) is 6.07 Å². The molecule has 19 heavy (non-hydrogen) atoms. The molecule has 0 aliphatic rings. The van der Waals surface area contributed by atoms with Gasteiger partial charge >= 0.3 is 0 Å². The van der Waals surface area contributed by atoms with Crippen molar-refractivity contribution in [2.75, 3.05) is 5.32 Å². The molecule has 1 N–H and O–H groups in total. The average molecular weight is 286 g/mol.